The summed E-state index contributed by atoms with van der Waals surface area (Å²) in [5.74, 6) is -0.841. The smallest absolute Gasteiger partial charge is 0.265 e. The molecule has 7 heteroatoms. The van der Waals surface area contributed by atoms with E-state index in [-0.39, 0.29) is 17.3 Å². The fraction of sp³-hybridized carbons (Fsp3) is 0.278. The summed E-state index contributed by atoms with van der Waals surface area (Å²) in [6, 6.07) is 10.3. The molecule has 0 saturated heterocycles. The van der Waals surface area contributed by atoms with Crippen LogP contribution in [0.15, 0.2) is 47.4 Å². The number of carbonyl (C=O) groups excluding carboxylic acids is 1. The van der Waals surface area contributed by atoms with Gasteiger partial charge in [0.2, 0.25) is 5.91 Å². The number of fused-ring (bicyclic) bond motifs is 3. The van der Waals surface area contributed by atoms with Gasteiger partial charge in [-0.15, -0.1) is 0 Å². The average Bonchev–Trinajstić information content (AvgIpc) is 2.59. The second-order valence-corrected chi connectivity index (χ2v) is 7.70. The summed E-state index contributed by atoms with van der Waals surface area (Å²) in [7, 11) is -3.88. The Kier molecular flexibility index (Phi) is 4.76. The van der Waals surface area contributed by atoms with Crippen molar-refractivity contribution >= 4 is 21.6 Å². The van der Waals surface area contributed by atoms with Crippen LogP contribution in [0.2, 0.25) is 0 Å². The third-order valence-electron chi connectivity index (χ3n) is 4.11. The van der Waals surface area contributed by atoms with E-state index in [0.717, 1.165) is 17.1 Å². The van der Waals surface area contributed by atoms with Gasteiger partial charge in [0.05, 0.1) is 10.6 Å². The summed E-state index contributed by atoms with van der Waals surface area (Å²) in [6.45, 7) is 2.16. The highest BCUT2D eigenvalue weighted by Gasteiger charge is 2.35. The lowest BCUT2D eigenvalue weighted by Gasteiger charge is -2.31. The van der Waals surface area contributed by atoms with E-state index < -0.39 is 15.8 Å². The summed E-state index contributed by atoms with van der Waals surface area (Å²) in [6.07, 6.45) is 1.75. The Hall–Kier alpha value is -2.41. The topological polar surface area (TPSA) is 66.5 Å². The second-order valence-electron chi connectivity index (χ2n) is 5.87. The van der Waals surface area contributed by atoms with Gasteiger partial charge in [-0.05, 0) is 30.7 Å². The Labute approximate surface area is 146 Å². The van der Waals surface area contributed by atoms with Gasteiger partial charge in [0.1, 0.15) is 12.4 Å². The van der Waals surface area contributed by atoms with Crippen LogP contribution < -0.4 is 9.62 Å². The molecule has 132 valence electrons. The molecule has 5 nitrogen and oxygen atoms in total. The molecule has 2 aromatic carbocycles. The maximum absolute atomic E-state index is 13.7. The Bertz CT molecular complexity index is 912. The van der Waals surface area contributed by atoms with E-state index >= 15 is 0 Å². The van der Waals surface area contributed by atoms with Crippen LogP contribution in [0.3, 0.4) is 0 Å². The van der Waals surface area contributed by atoms with Crippen molar-refractivity contribution in [3.8, 4) is 11.1 Å². The van der Waals surface area contributed by atoms with E-state index in [9.17, 15) is 17.6 Å². The molecule has 1 heterocycles. The molecule has 1 N–H and O–H groups in total. The maximum atomic E-state index is 13.7. The molecule has 2 aromatic rings. The third kappa shape index (κ3) is 3.24. The molecule has 0 aromatic heterocycles. The minimum absolute atomic E-state index is 0.0782. The Balaban J connectivity index is 2.03. The maximum Gasteiger partial charge on any atom is 0.265 e. The molecule has 0 aliphatic carbocycles. The van der Waals surface area contributed by atoms with Gasteiger partial charge >= 0.3 is 0 Å². The molecule has 0 fully saturated rings. The van der Waals surface area contributed by atoms with Crippen molar-refractivity contribution in [3.05, 3.63) is 48.3 Å². The number of unbranched alkanes of at least 4 members (excludes halogenated alkanes) is 1. The first kappa shape index (κ1) is 17.4. The van der Waals surface area contributed by atoms with Gasteiger partial charge in [-0.25, -0.2) is 12.8 Å². The zero-order valence-electron chi connectivity index (χ0n) is 13.8. The lowest BCUT2D eigenvalue weighted by Crippen LogP contribution is -2.42. The molecule has 0 unspecified atom stereocenters. The van der Waals surface area contributed by atoms with Crippen LogP contribution in [-0.2, 0) is 14.8 Å². The van der Waals surface area contributed by atoms with Gasteiger partial charge in [-0.3, -0.25) is 9.10 Å². The van der Waals surface area contributed by atoms with Crippen molar-refractivity contribution in [2.24, 2.45) is 0 Å². The number of hydrogen-bond acceptors (Lipinski definition) is 3. The number of hydrogen-bond donors (Lipinski definition) is 1. The Morgan fingerprint density at radius 2 is 1.92 bits per heavy atom. The first-order valence-corrected chi connectivity index (χ1v) is 9.57. The second kappa shape index (κ2) is 6.84. The molecule has 3 rings (SSSR count). The van der Waals surface area contributed by atoms with Gasteiger partial charge in [-0.1, -0.05) is 31.5 Å². The number of amides is 1. The molecular weight excluding hydrogens is 343 g/mol. The number of nitrogens with one attached hydrogen (secondary N) is 1. The number of sulfonamides is 1. The molecule has 0 atom stereocenters. The van der Waals surface area contributed by atoms with Crippen molar-refractivity contribution in [3.63, 3.8) is 0 Å². The molecular formula is C18H19FN2O3S. The quantitative estimate of drug-likeness (QED) is 0.832. The van der Waals surface area contributed by atoms with E-state index in [1.165, 1.54) is 24.3 Å². The predicted octanol–water partition coefficient (Wildman–Crippen LogP) is 2.92. The number of carbonyl (C=O) groups is 1. The van der Waals surface area contributed by atoms with E-state index in [1.54, 1.807) is 18.2 Å². The van der Waals surface area contributed by atoms with Crippen LogP contribution in [0.5, 0.6) is 0 Å². The fourth-order valence-electron chi connectivity index (χ4n) is 2.86. The molecule has 1 amide bonds. The van der Waals surface area contributed by atoms with Gasteiger partial charge < -0.3 is 5.32 Å². The van der Waals surface area contributed by atoms with Crippen LogP contribution in [0, 0.1) is 5.82 Å². The molecule has 25 heavy (non-hydrogen) atoms. The summed E-state index contributed by atoms with van der Waals surface area (Å²) in [5, 5.41) is 2.72. The first-order valence-electron chi connectivity index (χ1n) is 8.13. The van der Waals surface area contributed by atoms with Crippen LogP contribution in [-0.4, -0.2) is 27.4 Å². The number of anilines is 1. The zero-order valence-corrected chi connectivity index (χ0v) is 14.6. The molecule has 0 bridgehead atoms. The number of halogens is 1. The average molecular weight is 362 g/mol. The summed E-state index contributed by atoms with van der Waals surface area (Å²) in [4.78, 5) is 12.2. The number of nitrogens with zero attached hydrogens (tertiary/aromatic N) is 1. The normalized spacial score (nSPS) is 14.6. The highest BCUT2D eigenvalue weighted by Crippen LogP contribution is 2.42. The van der Waals surface area contributed by atoms with E-state index in [2.05, 4.69) is 5.32 Å². The van der Waals surface area contributed by atoms with Crippen molar-refractivity contribution in [2.75, 3.05) is 17.4 Å². The van der Waals surface area contributed by atoms with Crippen molar-refractivity contribution in [1.29, 1.82) is 0 Å². The van der Waals surface area contributed by atoms with Gasteiger partial charge in [0, 0.05) is 17.7 Å². The first-order chi connectivity index (χ1) is 11.9. The predicted molar refractivity (Wildman–Crippen MR) is 94.3 cm³/mol. The number of benzene rings is 2. The number of rotatable bonds is 5. The standard InChI is InChI=1S/C18H19FN2O3S/c1-2-3-10-20-18(22)12-21-16-9-8-13(19)11-15(16)14-6-4-5-7-17(14)25(21,23)24/h4-9,11H,2-3,10,12H2,1H3,(H,20,22). The van der Waals surface area contributed by atoms with Gasteiger partial charge in [0.25, 0.3) is 10.0 Å². The Morgan fingerprint density at radius 1 is 1.16 bits per heavy atom. The van der Waals surface area contributed by atoms with Gasteiger partial charge in [-0.2, -0.15) is 0 Å². The van der Waals surface area contributed by atoms with Crippen molar-refractivity contribution < 1.29 is 17.6 Å². The highest BCUT2D eigenvalue weighted by molar-refractivity contribution is 7.93. The summed E-state index contributed by atoms with van der Waals surface area (Å²) >= 11 is 0. The SMILES string of the molecule is CCCCNC(=O)CN1c2ccc(F)cc2-c2ccccc2S1(=O)=O. The molecule has 1 aliphatic heterocycles. The van der Waals surface area contributed by atoms with Gasteiger partial charge in [0.15, 0.2) is 0 Å². The van der Waals surface area contributed by atoms with Crippen LogP contribution >= 0.6 is 0 Å². The zero-order chi connectivity index (χ0) is 18.0. The van der Waals surface area contributed by atoms with Crippen molar-refractivity contribution in [2.45, 2.75) is 24.7 Å². The largest absolute Gasteiger partial charge is 0.355 e. The van der Waals surface area contributed by atoms with Crippen molar-refractivity contribution in [1.82, 2.24) is 5.32 Å². The Morgan fingerprint density at radius 3 is 2.68 bits per heavy atom. The van der Waals surface area contributed by atoms with E-state index in [1.807, 2.05) is 6.92 Å². The lowest BCUT2D eigenvalue weighted by atomic mass is 10.0. The van der Waals surface area contributed by atoms with Crippen LogP contribution in [0.25, 0.3) is 11.1 Å². The molecule has 0 spiro atoms. The van der Waals surface area contributed by atoms with Crippen LogP contribution in [0.1, 0.15) is 19.8 Å². The molecule has 1 aliphatic rings. The minimum atomic E-state index is -3.88. The third-order valence-corrected chi connectivity index (χ3v) is 5.93. The minimum Gasteiger partial charge on any atom is -0.355 e. The molecule has 0 radical (unpaired) electrons. The van der Waals surface area contributed by atoms with E-state index in [4.69, 9.17) is 0 Å². The fourth-order valence-corrected chi connectivity index (χ4v) is 4.51. The monoisotopic (exact) mass is 362 g/mol. The molecule has 0 saturated carbocycles. The van der Waals surface area contributed by atoms with E-state index in [0.29, 0.717) is 23.4 Å². The highest BCUT2D eigenvalue weighted by atomic mass is 32.2. The summed E-state index contributed by atoms with van der Waals surface area (Å²) < 4.78 is 40.7. The lowest BCUT2D eigenvalue weighted by molar-refractivity contribution is -0.119. The van der Waals surface area contributed by atoms with Crippen LogP contribution in [0.4, 0.5) is 10.1 Å². The summed E-state index contributed by atoms with van der Waals surface area (Å²) in [5.41, 5.74) is 1.22.